The Kier molecular flexibility index (Phi) is 4.57. The highest BCUT2D eigenvalue weighted by molar-refractivity contribution is 6.03. The number of carbonyl (C=O) groups excluding carboxylic acids is 1. The van der Waals surface area contributed by atoms with Crippen LogP contribution in [0.4, 0.5) is 17.2 Å². The number of hydrogen-bond donors (Lipinski definition) is 2. The summed E-state index contributed by atoms with van der Waals surface area (Å²) < 4.78 is 11.1. The lowest BCUT2D eigenvalue weighted by Crippen LogP contribution is -2.17. The average Bonchev–Trinajstić information content (AvgIpc) is 2.79. The third kappa shape index (κ3) is 3.58. The smallest absolute Gasteiger partial charge is 0.274 e. The molecule has 0 saturated heterocycles. The molecule has 30 heavy (non-hydrogen) atoms. The Morgan fingerprint density at radius 3 is 2.70 bits per heavy atom. The van der Waals surface area contributed by atoms with E-state index in [9.17, 15) is 4.79 Å². The van der Waals surface area contributed by atoms with E-state index in [1.54, 1.807) is 30.5 Å². The van der Waals surface area contributed by atoms with E-state index in [0.717, 1.165) is 16.6 Å². The van der Waals surface area contributed by atoms with Crippen LogP contribution in [-0.2, 0) is 0 Å². The molecule has 1 amide bonds. The van der Waals surface area contributed by atoms with Crippen LogP contribution < -0.4 is 20.1 Å². The first-order valence-electron chi connectivity index (χ1n) is 9.40. The number of rotatable bonds is 4. The van der Waals surface area contributed by atoms with Crippen molar-refractivity contribution in [2.24, 2.45) is 0 Å². The Labute approximate surface area is 171 Å². The van der Waals surface area contributed by atoms with Crippen molar-refractivity contribution >= 4 is 34.0 Å². The van der Waals surface area contributed by atoms with Gasteiger partial charge >= 0.3 is 0 Å². The van der Waals surface area contributed by atoms with Gasteiger partial charge in [0.25, 0.3) is 5.91 Å². The summed E-state index contributed by atoms with van der Waals surface area (Å²) in [6, 6.07) is 16.5. The van der Waals surface area contributed by atoms with Crippen molar-refractivity contribution < 1.29 is 14.3 Å². The molecular formula is C22H17N5O3. The lowest BCUT2D eigenvalue weighted by Gasteiger charge is -2.19. The zero-order valence-corrected chi connectivity index (χ0v) is 15.8. The molecule has 2 aromatic carbocycles. The minimum Gasteiger partial charge on any atom is -0.486 e. The van der Waals surface area contributed by atoms with E-state index < -0.39 is 0 Å². The summed E-state index contributed by atoms with van der Waals surface area (Å²) in [5, 5.41) is 7.05. The van der Waals surface area contributed by atoms with E-state index in [4.69, 9.17) is 9.47 Å². The first-order valence-corrected chi connectivity index (χ1v) is 9.40. The normalized spacial score (nSPS) is 12.4. The number of anilines is 3. The van der Waals surface area contributed by atoms with Gasteiger partial charge < -0.3 is 20.1 Å². The fourth-order valence-electron chi connectivity index (χ4n) is 3.21. The summed E-state index contributed by atoms with van der Waals surface area (Å²) >= 11 is 0. The first-order chi connectivity index (χ1) is 14.8. The van der Waals surface area contributed by atoms with Gasteiger partial charge in [-0.05, 0) is 24.3 Å². The molecule has 2 N–H and O–H groups in total. The van der Waals surface area contributed by atoms with Crippen LogP contribution in [0.15, 0.2) is 67.1 Å². The second-order valence-electron chi connectivity index (χ2n) is 6.61. The van der Waals surface area contributed by atoms with Crippen molar-refractivity contribution in [1.29, 1.82) is 0 Å². The van der Waals surface area contributed by atoms with E-state index in [-0.39, 0.29) is 11.6 Å². The van der Waals surface area contributed by atoms with Crippen LogP contribution in [0.2, 0.25) is 0 Å². The van der Waals surface area contributed by atoms with Crippen molar-refractivity contribution in [3.05, 3.63) is 72.8 Å². The van der Waals surface area contributed by atoms with Crippen LogP contribution >= 0.6 is 0 Å². The maximum absolute atomic E-state index is 12.7. The predicted molar refractivity (Wildman–Crippen MR) is 112 cm³/mol. The maximum Gasteiger partial charge on any atom is 0.274 e. The number of fused-ring (bicyclic) bond motifs is 2. The largest absolute Gasteiger partial charge is 0.486 e. The Bertz CT molecular complexity index is 1240. The molecule has 1 aliphatic rings. The third-order valence-electron chi connectivity index (χ3n) is 4.60. The van der Waals surface area contributed by atoms with Crippen molar-refractivity contribution in [2.45, 2.75) is 0 Å². The number of aromatic nitrogens is 3. The van der Waals surface area contributed by atoms with Gasteiger partial charge in [0.1, 0.15) is 31.1 Å². The van der Waals surface area contributed by atoms with Gasteiger partial charge in [-0.15, -0.1) is 0 Å². The topological polar surface area (TPSA) is 98.3 Å². The molecule has 5 rings (SSSR count). The third-order valence-corrected chi connectivity index (χ3v) is 4.60. The molecule has 3 heterocycles. The van der Waals surface area contributed by atoms with Gasteiger partial charge in [0.2, 0.25) is 0 Å². The van der Waals surface area contributed by atoms with Gasteiger partial charge in [0, 0.05) is 29.4 Å². The molecule has 4 aromatic rings. The van der Waals surface area contributed by atoms with Gasteiger partial charge in [-0.3, -0.25) is 9.78 Å². The number of ether oxygens (including phenoxy) is 2. The fourth-order valence-corrected chi connectivity index (χ4v) is 3.21. The summed E-state index contributed by atoms with van der Waals surface area (Å²) in [5.41, 5.74) is 2.44. The Morgan fingerprint density at radius 2 is 1.77 bits per heavy atom. The van der Waals surface area contributed by atoms with Gasteiger partial charge in [-0.25, -0.2) is 9.97 Å². The van der Waals surface area contributed by atoms with Crippen molar-refractivity contribution in [2.75, 3.05) is 23.8 Å². The summed E-state index contributed by atoms with van der Waals surface area (Å²) in [6.07, 6.45) is 3.08. The summed E-state index contributed by atoms with van der Waals surface area (Å²) in [7, 11) is 0. The zero-order chi connectivity index (χ0) is 20.3. The number of hydrogen-bond acceptors (Lipinski definition) is 7. The average molecular weight is 399 g/mol. The number of benzene rings is 2. The van der Waals surface area contributed by atoms with Gasteiger partial charge in [-0.1, -0.05) is 18.2 Å². The quantitative estimate of drug-likeness (QED) is 0.539. The van der Waals surface area contributed by atoms with Crippen LogP contribution in [-0.4, -0.2) is 34.1 Å². The van der Waals surface area contributed by atoms with Crippen molar-refractivity contribution in [3.63, 3.8) is 0 Å². The molecule has 0 radical (unpaired) electrons. The number of para-hydroxylation sites is 1. The van der Waals surface area contributed by atoms with Crippen molar-refractivity contribution in [3.8, 4) is 11.5 Å². The van der Waals surface area contributed by atoms with E-state index in [1.165, 1.54) is 6.33 Å². The zero-order valence-electron chi connectivity index (χ0n) is 15.8. The Hall–Kier alpha value is -4.20. The highest BCUT2D eigenvalue weighted by Crippen LogP contribution is 2.32. The van der Waals surface area contributed by atoms with Crippen molar-refractivity contribution in [1.82, 2.24) is 15.0 Å². The monoisotopic (exact) mass is 399 g/mol. The molecule has 0 fully saturated rings. The van der Waals surface area contributed by atoms with Gasteiger partial charge in [-0.2, -0.15) is 0 Å². The molecule has 0 spiro atoms. The second-order valence-corrected chi connectivity index (χ2v) is 6.61. The molecule has 0 bridgehead atoms. The lowest BCUT2D eigenvalue weighted by atomic mass is 10.2. The number of pyridine rings is 1. The molecule has 1 aliphatic heterocycles. The highest BCUT2D eigenvalue weighted by Gasteiger charge is 2.15. The summed E-state index contributed by atoms with van der Waals surface area (Å²) in [5.74, 6) is 1.41. The molecule has 0 aliphatic carbocycles. The van der Waals surface area contributed by atoms with E-state index in [1.807, 2.05) is 30.3 Å². The fraction of sp³-hybridized carbons (Fsp3) is 0.0909. The molecule has 148 valence electrons. The maximum atomic E-state index is 12.7. The van der Waals surface area contributed by atoms with Gasteiger partial charge in [0.15, 0.2) is 11.5 Å². The SMILES string of the molecule is O=C(Nc1ccc2c(c1)OCCO2)c1cc(Nc2cccc3cccnc23)ncn1. The molecule has 0 atom stereocenters. The molecule has 8 nitrogen and oxygen atoms in total. The minimum absolute atomic E-state index is 0.232. The molecule has 2 aromatic heterocycles. The molecular weight excluding hydrogens is 382 g/mol. The highest BCUT2D eigenvalue weighted by atomic mass is 16.6. The summed E-state index contributed by atoms with van der Waals surface area (Å²) in [6.45, 7) is 0.996. The van der Waals surface area contributed by atoms with Crippen LogP contribution in [0.3, 0.4) is 0 Å². The Morgan fingerprint density at radius 1 is 0.900 bits per heavy atom. The van der Waals surface area contributed by atoms with Crippen LogP contribution in [0.25, 0.3) is 10.9 Å². The molecule has 8 heteroatoms. The summed E-state index contributed by atoms with van der Waals surface area (Å²) in [4.78, 5) is 25.4. The number of nitrogens with one attached hydrogen (secondary N) is 2. The lowest BCUT2D eigenvalue weighted by molar-refractivity contribution is 0.102. The van der Waals surface area contributed by atoms with Gasteiger partial charge in [0.05, 0.1) is 11.2 Å². The molecule has 0 saturated carbocycles. The standard InChI is InChI=1S/C22H17N5O3/c28-22(26-15-6-7-18-19(11-15)30-10-9-29-18)17-12-20(25-13-24-17)27-16-5-1-3-14-4-2-8-23-21(14)16/h1-8,11-13H,9-10H2,(H,26,28)(H,24,25,27). The van der Waals surface area contributed by atoms with Crippen LogP contribution in [0.1, 0.15) is 10.5 Å². The minimum atomic E-state index is -0.354. The number of amides is 1. The van der Waals surface area contributed by atoms with Crippen LogP contribution in [0, 0.1) is 0 Å². The van der Waals surface area contributed by atoms with Crippen LogP contribution in [0.5, 0.6) is 11.5 Å². The van der Waals surface area contributed by atoms with E-state index in [0.29, 0.717) is 36.2 Å². The van der Waals surface area contributed by atoms with E-state index in [2.05, 4.69) is 25.6 Å². The number of carbonyl (C=O) groups is 1. The Balaban J connectivity index is 1.36. The first kappa shape index (κ1) is 17.9. The molecule has 0 unspecified atom stereocenters. The second kappa shape index (κ2) is 7.67. The number of nitrogens with zero attached hydrogens (tertiary/aromatic N) is 3. The predicted octanol–water partition coefficient (Wildman–Crippen LogP) is 3.79. The van der Waals surface area contributed by atoms with E-state index >= 15 is 0 Å².